The van der Waals surface area contributed by atoms with E-state index in [2.05, 4.69) is 16.5 Å². The summed E-state index contributed by atoms with van der Waals surface area (Å²) in [6.07, 6.45) is 8.41. The summed E-state index contributed by atoms with van der Waals surface area (Å²) >= 11 is 5.93. The molecule has 3 fully saturated rings. The normalized spacial score (nSPS) is 32.6. The first-order valence-electron chi connectivity index (χ1n) is 11.0. The van der Waals surface area contributed by atoms with Gasteiger partial charge in [0.2, 0.25) is 15.9 Å². The summed E-state index contributed by atoms with van der Waals surface area (Å²) in [5, 5.41) is 0.525. The monoisotopic (exact) mass is 438 g/mol. The summed E-state index contributed by atoms with van der Waals surface area (Å²) in [7, 11) is -3.60. The van der Waals surface area contributed by atoms with E-state index in [1.54, 1.807) is 24.3 Å². The average Bonchev–Trinajstić information content (AvgIpc) is 3.05. The summed E-state index contributed by atoms with van der Waals surface area (Å²) in [5.41, 5.74) is -0.0460. The van der Waals surface area contributed by atoms with Gasteiger partial charge < -0.3 is 4.90 Å². The van der Waals surface area contributed by atoms with Crippen LogP contribution in [-0.4, -0.2) is 37.4 Å². The van der Waals surface area contributed by atoms with E-state index >= 15 is 0 Å². The summed E-state index contributed by atoms with van der Waals surface area (Å²) < 4.78 is 29.1. The minimum absolute atomic E-state index is 0.0460. The summed E-state index contributed by atoms with van der Waals surface area (Å²) in [5.74, 6) is 0.950. The Labute approximate surface area is 179 Å². The smallest absolute Gasteiger partial charge is 0.240 e. The zero-order valence-electron chi connectivity index (χ0n) is 17.1. The van der Waals surface area contributed by atoms with Crippen molar-refractivity contribution in [3.63, 3.8) is 0 Å². The first-order chi connectivity index (χ1) is 13.9. The summed E-state index contributed by atoms with van der Waals surface area (Å²) in [6.45, 7) is 3.04. The van der Waals surface area contributed by atoms with E-state index in [-0.39, 0.29) is 22.4 Å². The third kappa shape index (κ3) is 3.84. The van der Waals surface area contributed by atoms with Crippen molar-refractivity contribution in [3.05, 3.63) is 29.3 Å². The van der Waals surface area contributed by atoms with Gasteiger partial charge in [-0.2, -0.15) is 0 Å². The molecule has 4 atom stereocenters. The highest BCUT2D eigenvalue weighted by Gasteiger charge is 2.56. The van der Waals surface area contributed by atoms with Crippen molar-refractivity contribution in [2.24, 2.45) is 11.8 Å². The van der Waals surface area contributed by atoms with Crippen LogP contribution in [0.4, 0.5) is 0 Å². The zero-order chi connectivity index (χ0) is 20.6. The van der Waals surface area contributed by atoms with Gasteiger partial charge in [0.05, 0.1) is 4.90 Å². The molecule has 1 N–H and O–H groups in total. The molecule has 3 aliphatic rings. The molecule has 4 rings (SSSR count). The fraction of sp³-hybridized carbons (Fsp3) is 0.682. The number of nitrogens with one attached hydrogen (secondary N) is 1. The lowest BCUT2D eigenvalue weighted by Gasteiger charge is -2.53. The van der Waals surface area contributed by atoms with Crippen molar-refractivity contribution in [2.75, 3.05) is 6.54 Å². The van der Waals surface area contributed by atoms with Crippen LogP contribution in [0.1, 0.15) is 64.7 Å². The number of nitrogens with zero attached hydrogens (tertiary/aromatic N) is 1. The van der Waals surface area contributed by atoms with Gasteiger partial charge >= 0.3 is 0 Å². The highest BCUT2D eigenvalue weighted by molar-refractivity contribution is 7.89. The number of carbonyl (C=O) groups excluding carboxylic acids is 1. The zero-order valence-corrected chi connectivity index (χ0v) is 18.6. The molecule has 1 amide bonds. The number of hydrogen-bond donors (Lipinski definition) is 1. The minimum Gasteiger partial charge on any atom is -0.337 e. The van der Waals surface area contributed by atoms with Crippen LogP contribution in [0.5, 0.6) is 0 Å². The Balaban J connectivity index is 1.62. The van der Waals surface area contributed by atoms with Crippen LogP contribution in [0.25, 0.3) is 0 Å². The Hall–Kier alpha value is -1.11. The van der Waals surface area contributed by atoms with Crippen molar-refractivity contribution in [1.82, 2.24) is 9.62 Å². The van der Waals surface area contributed by atoms with Gasteiger partial charge in [0.1, 0.15) is 0 Å². The number of hydrogen-bond acceptors (Lipinski definition) is 3. The average molecular weight is 439 g/mol. The van der Waals surface area contributed by atoms with E-state index in [0.717, 1.165) is 57.9 Å². The molecule has 0 radical (unpaired) electrons. The number of rotatable bonds is 5. The van der Waals surface area contributed by atoms with Gasteiger partial charge in [-0.1, -0.05) is 24.9 Å². The van der Waals surface area contributed by atoms with Crippen LogP contribution in [0.3, 0.4) is 0 Å². The fourth-order valence-corrected chi connectivity index (χ4v) is 7.70. The van der Waals surface area contributed by atoms with E-state index in [1.807, 2.05) is 0 Å². The lowest BCUT2D eigenvalue weighted by molar-refractivity contribution is -0.138. The molecule has 5 nitrogen and oxygen atoms in total. The summed E-state index contributed by atoms with van der Waals surface area (Å²) in [6, 6.07) is 6.27. The van der Waals surface area contributed by atoms with Gasteiger partial charge in [-0.05, 0) is 81.0 Å². The third-order valence-corrected chi connectivity index (χ3v) is 9.16. The van der Waals surface area contributed by atoms with Gasteiger partial charge in [-0.15, -0.1) is 0 Å². The second kappa shape index (κ2) is 8.20. The molecular formula is C22H31ClN2O3S. The van der Waals surface area contributed by atoms with Gasteiger partial charge in [0.25, 0.3) is 0 Å². The number of halogens is 1. The molecule has 2 heterocycles. The Bertz CT molecular complexity index is 857. The molecule has 0 unspecified atom stereocenters. The van der Waals surface area contributed by atoms with Gasteiger partial charge in [0.15, 0.2) is 0 Å². The second-order valence-electron chi connectivity index (χ2n) is 8.92. The van der Waals surface area contributed by atoms with Crippen molar-refractivity contribution < 1.29 is 13.2 Å². The second-order valence-corrected chi connectivity index (χ2v) is 11.1. The Kier molecular flexibility index (Phi) is 5.97. The third-order valence-electron chi connectivity index (χ3n) is 7.40. The molecule has 1 spiro atoms. The first kappa shape index (κ1) is 21.1. The van der Waals surface area contributed by atoms with E-state index in [4.69, 9.17) is 11.6 Å². The molecular weight excluding hydrogens is 408 g/mol. The Morgan fingerprint density at radius 2 is 1.93 bits per heavy atom. The van der Waals surface area contributed by atoms with Gasteiger partial charge in [0, 0.05) is 29.6 Å². The molecule has 1 aliphatic carbocycles. The highest BCUT2D eigenvalue weighted by Crippen LogP contribution is 2.52. The van der Waals surface area contributed by atoms with Crippen molar-refractivity contribution in [3.8, 4) is 0 Å². The first-order valence-corrected chi connectivity index (χ1v) is 12.8. The Morgan fingerprint density at radius 1 is 1.17 bits per heavy atom. The predicted octanol–water partition coefficient (Wildman–Crippen LogP) is 4.36. The Morgan fingerprint density at radius 3 is 2.66 bits per heavy atom. The van der Waals surface area contributed by atoms with Crippen molar-refractivity contribution in [2.45, 2.75) is 81.2 Å². The van der Waals surface area contributed by atoms with Crippen LogP contribution in [-0.2, 0) is 14.8 Å². The topological polar surface area (TPSA) is 66.5 Å². The van der Waals surface area contributed by atoms with Crippen LogP contribution >= 0.6 is 11.6 Å². The van der Waals surface area contributed by atoms with Crippen LogP contribution in [0.2, 0.25) is 5.02 Å². The largest absolute Gasteiger partial charge is 0.337 e. The maximum Gasteiger partial charge on any atom is 0.240 e. The molecule has 0 bridgehead atoms. The molecule has 29 heavy (non-hydrogen) atoms. The van der Waals surface area contributed by atoms with Crippen molar-refractivity contribution >= 4 is 27.5 Å². The van der Waals surface area contributed by atoms with Crippen LogP contribution in [0, 0.1) is 11.8 Å². The van der Waals surface area contributed by atoms with Gasteiger partial charge in [-0.3, -0.25) is 4.79 Å². The van der Waals surface area contributed by atoms with E-state index in [1.165, 1.54) is 0 Å². The lowest BCUT2D eigenvalue weighted by Crippen LogP contribution is -2.60. The number of amides is 1. The minimum atomic E-state index is -3.60. The van der Waals surface area contributed by atoms with Crippen LogP contribution in [0.15, 0.2) is 29.2 Å². The van der Waals surface area contributed by atoms with E-state index in [9.17, 15) is 13.2 Å². The van der Waals surface area contributed by atoms with E-state index < -0.39 is 10.0 Å². The lowest BCUT2D eigenvalue weighted by atomic mass is 9.61. The fourth-order valence-electron chi connectivity index (χ4n) is 6.26. The number of carbonyl (C=O) groups is 1. The molecule has 7 heteroatoms. The molecule has 160 valence electrons. The van der Waals surface area contributed by atoms with E-state index in [0.29, 0.717) is 23.3 Å². The van der Waals surface area contributed by atoms with Crippen LogP contribution < -0.4 is 4.72 Å². The maximum absolute atomic E-state index is 13.0. The molecule has 1 saturated carbocycles. The van der Waals surface area contributed by atoms with Crippen molar-refractivity contribution in [1.29, 1.82) is 0 Å². The molecule has 2 aliphatic heterocycles. The SMILES string of the molecule is CCC[C@H]1[C@H]2CCCC(=O)N3CCC[C@]23CC[C@H]1NS(=O)(=O)c1ccc(Cl)cc1. The quantitative estimate of drug-likeness (QED) is 0.742. The predicted molar refractivity (Wildman–Crippen MR) is 114 cm³/mol. The highest BCUT2D eigenvalue weighted by atomic mass is 35.5. The number of benzene rings is 1. The standard InChI is InChI=1S/C22H31ClN2O3S/c1-2-5-18-19-6-3-7-21(26)25-15-4-13-22(19,25)14-12-20(18)24-29(27,28)17-10-8-16(23)9-11-17/h8-11,18-20,24H,2-7,12-15H2,1H3/t18-,19+,20+,22-/m0/s1. The maximum atomic E-state index is 13.0. The summed E-state index contributed by atoms with van der Waals surface area (Å²) in [4.78, 5) is 15.2. The molecule has 2 saturated heterocycles. The molecule has 1 aromatic rings. The number of sulfonamides is 1. The van der Waals surface area contributed by atoms with Gasteiger partial charge in [-0.25, -0.2) is 13.1 Å². The molecule has 1 aromatic carbocycles. The molecule has 0 aromatic heterocycles.